The summed E-state index contributed by atoms with van der Waals surface area (Å²) >= 11 is 0. The SMILES string of the molecule is CC(Cc1ccccc1)CN1CCCCC1.Cl. The molecule has 1 atom stereocenters. The van der Waals surface area contributed by atoms with Crippen molar-refractivity contribution >= 4 is 12.4 Å². The number of nitrogens with zero attached hydrogens (tertiary/aromatic N) is 1. The molecule has 17 heavy (non-hydrogen) atoms. The Kier molecular flexibility index (Phi) is 6.61. The summed E-state index contributed by atoms with van der Waals surface area (Å²) in [7, 11) is 0. The Morgan fingerprint density at radius 1 is 1.06 bits per heavy atom. The van der Waals surface area contributed by atoms with Crippen molar-refractivity contribution in [2.45, 2.75) is 32.6 Å². The molecule has 96 valence electrons. The first-order valence-electron chi connectivity index (χ1n) is 6.61. The van der Waals surface area contributed by atoms with Gasteiger partial charge >= 0.3 is 0 Å². The van der Waals surface area contributed by atoms with Gasteiger partial charge in [-0.05, 0) is 43.8 Å². The summed E-state index contributed by atoms with van der Waals surface area (Å²) in [5, 5.41) is 0. The van der Waals surface area contributed by atoms with Gasteiger partial charge in [0.25, 0.3) is 0 Å². The molecule has 0 N–H and O–H groups in total. The molecule has 1 heterocycles. The predicted molar refractivity (Wildman–Crippen MR) is 76.8 cm³/mol. The Hall–Kier alpha value is -0.530. The molecule has 1 aliphatic rings. The third-order valence-electron chi connectivity index (χ3n) is 3.45. The van der Waals surface area contributed by atoms with Crippen LogP contribution in [0.1, 0.15) is 31.7 Å². The van der Waals surface area contributed by atoms with E-state index in [0.29, 0.717) is 0 Å². The van der Waals surface area contributed by atoms with Gasteiger partial charge in [-0.2, -0.15) is 0 Å². The highest BCUT2D eigenvalue weighted by molar-refractivity contribution is 5.85. The van der Waals surface area contributed by atoms with Crippen molar-refractivity contribution in [3.63, 3.8) is 0 Å². The van der Waals surface area contributed by atoms with E-state index in [-0.39, 0.29) is 12.4 Å². The number of benzene rings is 1. The molecule has 0 aromatic heterocycles. The van der Waals surface area contributed by atoms with Crippen molar-refractivity contribution in [3.05, 3.63) is 35.9 Å². The summed E-state index contributed by atoms with van der Waals surface area (Å²) in [5.41, 5.74) is 1.48. The highest BCUT2D eigenvalue weighted by Crippen LogP contribution is 2.14. The number of likely N-dealkylation sites (tertiary alicyclic amines) is 1. The smallest absolute Gasteiger partial charge is 0.00102 e. The largest absolute Gasteiger partial charge is 0.303 e. The highest BCUT2D eigenvalue weighted by Gasteiger charge is 2.13. The van der Waals surface area contributed by atoms with E-state index >= 15 is 0 Å². The summed E-state index contributed by atoms with van der Waals surface area (Å²) in [6, 6.07) is 10.9. The zero-order valence-corrected chi connectivity index (χ0v) is 11.6. The van der Waals surface area contributed by atoms with Gasteiger partial charge in [-0.15, -0.1) is 12.4 Å². The molecule has 0 bridgehead atoms. The first-order chi connectivity index (χ1) is 7.84. The highest BCUT2D eigenvalue weighted by atomic mass is 35.5. The molecule has 1 fully saturated rings. The molecule has 1 aromatic carbocycles. The van der Waals surface area contributed by atoms with E-state index in [0.717, 1.165) is 5.92 Å². The van der Waals surface area contributed by atoms with Gasteiger partial charge in [-0.1, -0.05) is 43.7 Å². The number of hydrogen-bond donors (Lipinski definition) is 0. The maximum absolute atomic E-state index is 2.64. The van der Waals surface area contributed by atoms with Crippen molar-refractivity contribution in [2.75, 3.05) is 19.6 Å². The van der Waals surface area contributed by atoms with E-state index in [1.54, 1.807) is 0 Å². The first kappa shape index (κ1) is 14.5. The summed E-state index contributed by atoms with van der Waals surface area (Å²) < 4.78 is 0. The molecule has 2 rings (SSSR count). The maximum Gasteiger partial charge on any atom is 0.00102 e. The fourth-order valence-electron chi connectivity index (χ4n) is 2.66. The van der Waals surface area contributed by atoms with E-state index in [2.05, 4.69) is 42.2 Å². The molecule has 1 unspecified atom stereocenters. The zero-order valence-electron chi connectivity index (χ0n) is 10.8. The van der Waals surface area contributed by atoms with Crippen LogP contribution in [0.15, 0.2) is 30.3 Å². The number of rotatable bonds is 4. The van der Waals surface area contributed by atoms with Crippen molar-refractivity contribution in [3.8, 4) is 0 Å². The second-order valence-electron chi connectivity index (χ2n) is 5.16. The van der Waals surface area contributed by atoms with Gasteiger partial charge in [0.05, 0.1) is 0 Å². The van der Waals surface area contributed by atoms with E-state index in [1.807, 2.05) is 0 Å². The van der Waals surface area contributed by atoms with Crippen LogP contribution in [0.5, 0.6) is 0 Å². The lowest BCUT2D eigenvalue weighted by molar-refractivity contribution is 0.200. The fraction of sp³-hybridized carbons (Fsp3) is 0.600. The number of hydrogen-bond acceptors (Lipinski definition) is 1. The molecule has 2 heteroatoms. The summed E-state index contributed by atoms with van der Waals surface area (Å²) in [4.78, 5) is 2.64. The van der Waals surface area contributed by atoms with Gasteiger partial charge in [0.15, 0.2) is 0 Å². The Labute approximate surface area is 112 Å². The van der Waals surface area contributed by atoms with E-state index in [1.165, 1.54) is 50.9 Å². The lowest BCUT2D eigenvalue weighted by Crippen LogP contribution is -2.34. The second kappa shape index (κ2) is 7.73. The minimum atomic E-state index is 0. The van der Waals surface area contributed by atoms with Gasteiger partial charge in [0.1, 0.15) is 0 Å². The van der Waals surface area contributed by atoms with Crippen molar-refractivity contribution in [1.29, 1.82) is 0 Å². The monoisotopic (exact) mass is 253 g/mol. The van der Waals surface area contributed by atoms with Crippen molar-refractivity contribution < 1.29 is 0 Å². The third-order valence-corrected chi connectivity index (χ3v) is 3.45. The molecular weight excluding hydrogens is 230 g/mol. The van der Waals surface area contributed by atoms with Gasteiger partial charge < -0.3 is 4.90 Å². The molecule has 0 spiro atoms. The number of piperidine rings is 1. The maximum atomic E-state index is 2.64. The molecule has 0 aliphatic carbocycles. The van der Waals surface area contributed by atoms with Crippen LogP contribution >= 0.6 is 12.4 Å². The number of halogens is 1. The van der Waals surface area contributed by atoms with Gasteiger partial charge in [-0.25, -0.2) is 0 Å². The van der Waals surface area contributed by atoms with Gasteiger partial charge in [-0.3, -0.25) is 0 Å². The normalized spacial score (nSPS) is 18.4. The minimum Gasteiger partial charge on any atom is -0.303 e. The zero-order chi connectivity index (χ0) is 11.2. The standard InChI is InChI=1S/C15H23N.ClH/c1-14(12-15-8-4-2-5-9-15)13-16-10-6-3-7-11-16;/h2,4-5,8-9,14H,3,6-7,10-13H2,1H3;1H. The van der Waals surface area contributed by atoms with Crippen LogP contribution in [-0.2, 0) is 6.42 Å². The fourth-order valence-corrected chi connectivity index (χ4v) is 2.66. The lowest BCUT2D eigenvalue weighted by atomic mass is 9.99. The summed E-state index contributed by atoms with van der Waals surface area (Å²) in [5.74, 6) is 0.778. The lowest BCUT2D eigenvalue weighted by Gasteiger charge is -2.29. The Morgan fingerprint density at radius 2 is 1.71 bits per heavy atom. The van der Waals surface area contributed by atoms with Crippen LogP contribution in [0.3, 0.4) is 0 Å². The molecule has 1 aromatic rings. The van der Waals surface area contributed by atoms with Crippen LogP contribution < -0.4 is 0 Å². The third kappa shape index (κ3) is 5.10. The Morgan fingerprint density at radius 3 is 2.35 bits per heavy atom. The van der Waals surface area contributed by atoms with Crippen LogP contribution in [0.25, 0.3) is 0 Å². The van der Waals surface area contributed by atoms with Gasteiger partial charge in [0, 0.05) is 6.54 Å². The van der Waals surface area contributed by atoms with Crippen molar-refractivity contribution in [1.82, 2.24) is 4.90 Å². The van der Waals surface area contributed by atoms with Crippen molar-refractivity contribution in [2.24, 2.45) is 5.92 Å². The summed E-state index contributed by atoms with van der Waals surface area (Å²) in [6.45, 7) is 6.29. The second-order valence-corrected chi connectivity index (χ2v) is 5.16. The van der Waals surface area contributed by atoms with E-state index in [9.17, 15) is 0 Å². The van der Waals surface area contributed by atoms with Crippen LogP contribution in [0.2, 0.25) is 0 Å². The molecule has 0 radical (unpaired) electrons. The molecular formula is C15H24ClN. The predicted octanol–water partition coefficient (Wildman–Crippen LogP) is 3.77. The Balaban J connectivity index is 0.00000144. The average molecular weight is 254 g/mol. The molecule has 0 saturated carbocycles. The van der Waals surface area contributed by atoms with Crippen LogP contribution in [0, 0.1) is 5.92 Å². The van der Waals surface area contributed by atoms with E-state index in [4.69, 9.17) is 0 Å². The topological polar surface area (TPSA) is 3.24 Å². The quantitative estimate of drug-likeness (QED) is 0.790. The molecule has 1 saturated heterocycles. The summed E-state index contributed by atoms with van der Waals surface area (Å²) in [6.07, 6.45) is 5.46. The molecule has 0 amide bonds. The molecule has 1 nitrogen and oxygen atoms in total. The molecule has 1 aliphatic heterocycles. The Bertz CT molecular complexity index is 293. The minimum absolute atomic E-state index is 0. The average Bonchev–Trinajstić information content (AvgIpc) is 2.31. The van der Waals surface area contributed by atoms with Crippen LogP contribution in [-0.4, -0.2) is 24.5 Å². The first-order valence-corrected chi connectivity index (χ1v) is 6.61. The van der Waals surface area contributed by atoms with Crippen LogP contribution in [0.4, 0.5) is 0 Å². The van der Waals surface area contributed by atoms with E-state index < -0.39 is 0 Å². The van der Waals surface area contributed by atoms with Gasteiger partial charge in [0.2, 0.25) is 0 Å².